The summed E-state index contributed by atoms with van der Waals surface area (Å²) in [5, 5.41) is 2.67. The van der Waals surface area contributed by atoms with Gasteiger partial charge >= 0.3 is 5.97 Å². The molecule has 7 heteroatoms. The van der Waals surface area contributed by atoms with Crippen LogP contribution in [0.15, 0.2) is 47.4 Å². The molecule has 132 valence electrons. The van der Waals surface area contributed by atoms with Crippen molar-refractivity contribution in [1.29, 1.82) is 0 Å². The first-order chi connectivity index (χ1) is 12.1. The van der Waals surface area contributed by atoms with Gasteiger partial charge in [0.2, 0.25) is 0 Å². The van der Waals surface area contributed by atoms with Crippen molar-refractivity contribution in [3.63, 3.8) is 0 Å². The van der Waals surface area contributed by atoms with Gasteiger partial charge in [0.15, 0.2) is 6.61 Å². The predicted octanol–water partition coefficient (Wildman–Crippen LogP) is 3.22. The number of anilines is 1. The molecule has 0 fully saturated rings. The maximum Gasteiger partial charge on any atom is 0.346 e. The number of esters is 1. The fourth-order valence-electron chi connectivity index (χ4n) is 2.13. The van der Waals surface area contributed by atoms with Crippen molar-refractivity contribution in [1.82, 2.24) is 0 Å². The highest BCUT2D eigenvalue weighted by Gasteiger charge is 2.20. The molecular formula is C18H19NO5S. The van der Waals surface area contributed by atoms with Crippen molar-refractivity contribution in [2.75, 3.05) is 32.4 Å². The van der Waals surface area contributed by atoms with E-state index in [1.165, 1.54) is 14.2 Å². The second kappa shape index (κ2) is 8.98. The van der Waals surface area contributed by atoms with Gasteiger partial charge in [-0.1, -0.05) is 6.07 Å². The van der Waals surface area contributed by atoms with Crippen LogP contribution in [0.1, 0.15) is 10.4 Å². The molecule has 2 rings (SSSR count). The smallest absolute Gasteiger partial charge is 0.346 e. The number of amides is 1. The van der Waals surface area contributed by atoms with Gasteiger partial charge in [-0.15, -0.1) is 11.8 Å². The second-order valence-corrected chi connectivity index (χ2v) is 5.77. The highest BCUT2D eigenvalue weighted by Crippen LogP contribution is 2.28. The highest BCUT2D eigenvalue weighted by molar-refractivity contribution is 7.98. The maximum atomic E-state index is 12.3. The molecule has 2 aromatic carbocycles. The van der Waals surface area contributed by atoms with E-state index in [9.17, 15) is 9.59 Å². The Morgan fingerprint density at radius 1 is 1.00 bits per heavy atom. The molecular weight excluding hydrogens is 342 g/mol. The molecule has 0 saturated carbocycles. The number of thioether (sulfide) groups is 1. The van der Waals surface area contributed by atoms with Gasteiger partial charge < -0.3 is 19.5 Å². The van der Waals surface area contributed by atoms with Gasteiger partial charge in [0, 0.05) is 10.6 Å². The average Bonchev–Trinajstić information content (AvgIpc) is 2.65. The van der Waals surface area contributed by atoms with E-state index in [1.54, 1.807) is 42.1 Å². The molecule has 0 unspecified atom stereocenters. The second-order valence-electron chi connectivity index (χ2n) is 4.89. The minimum absolute atomic E-state index is 0.143. The number of hydrogen-bond donors (Lipinski definition) is 1. The van der Waals surface area contributed by atoms with Gasteiger partial charge in [0.25, 0.3) is 5.91 Å². The van der Waals surface area contributed by atoms with Gasteiger partial charge in [-0.2, -0.15) is 0 Å². The van der Waals surface area contributed by atoms with Crippen molar-refractivity contribution in [2.24, 2.45) is 0 Å². The molecule has 0 spiro atoms. The first-order valence-electron chi connectivity index (χ1n) is 7.41. The van der Waals surface area contributed by atoms with E-state index >= 15 is 0 Å². The number of carbonyl (C=O) groups is 2. The summed E-state index contributed by atoms with van der Waals surface area (Å²) in [4.78, 5) is 25.3. The van der Waals surface area contributed by atoms with E-state index < -0.39 is 18.5 Å². The minimum Gasteiger partial charge on any atom is -0.496 e. The topological polar surface area (TPSA) is 73.9 Å². The Kier molecular flexibility index (Phi) is 6.71. The maximum absolute atomic E-state index is 12.3. The first-order valence-corrected chi connectivity index (χ1v) is 8.63. The van der Waals surface area contributed by atoms with Crippen molar-refractivity contribution < 1.29 is 23.8 Å². The van der Waals surface area contributed by atoms with Crippen molar-refractivity contribution in [3.05, 3.63) is 48.0 Å². The quantitative estimate of drug-likeness (QED) is 0.603. The van der Waals surface area contributed by atoms with Crippen LogP contribution in [0.5, 0.6) is 11.5 Å². The third kappa shape index (κ3) is 4.90. The summed E-state index contributed by atoms with van der Waals surface area (Å²) in [6, 6.07) is 12.3. The summed E-state index contributed by atoms with van der Waals surface area (Å²) in [5.41, 5.74) is 0.776. The van der Waals surface area contributed by atoms with Crippen LogP contribution in [0, 0.1) is 0 Å². The predicted molar refractivity (Wildman–Crippen MR) is 96.7 cm³/mol. The molecule has 0 aromatic heterocycles. The zero-order valence-electron chi connectivity index (χ0n) is 14.2. The van der Waals surface area contributed by atoms with E-state index in [-0.39, 0.29) is 5.56 Å². The molecule has 0 bridgehead atoms. The molecule has 0 saturated heterocycles. The van der Waals surface area contributed by atoms with Crippen LogP contribution in [0.2, 0.25) is 0 Å². The van der Waals surface area contributed by atoms with E-state index in [0.717, 1.165) is 4.90 Å². The summed E-state index contributed by atoms with van der Waals surface area (Å²) in [6.07, 6.45) is 1.97. The lowest BCUT2D eigenvalue weighted by Gasteiger charge is -2.12. The molecule has 1 N–H and O–H groups in total. The fraction of sp³-hybridized carbons (Fsp3) is 0.222. The largest absolute Gasteiger partial charge is 0.496 e. The Labute approximate surface area is 150 Å². The number of methoxy groups -OCH3 is 2. The fourth-order valence-corrected chi connectivity index (χ4v) is 2.54. The summed E-state index contributed by atoms with van der Waals surface area (Å²) < 4.78 is 15.4. The van der Waals surface area contributed by atoms with Crippen LogP contribution < -0.4 is 14.8 Å². The molecule has 6 nitrogen and oxygen atoms in total. The molecule has 1 amide bonds. The van der Waals surface area contributed by atoms with E-state index in [1.807, 2.05) is 18.4 Å². The lowest BCUT2D eigenvalue weighted by atomic mass is 10.2. The number of carbonyl (C=O) groups excluding carboxylic acids is 2. The molecule has 0 aliphatic rings. The third-order valence-electron chi connectivity index (χ3n) is 3.34. The van der Waals surface area contributed by atoms with Gasteiger partial charge in [-0.3, -0.25) is 4.79 Å². The summed E-state index contributed by atoms with van der Waals surface area (Å²) in [7, 11) is 2.88. The van der Waals surface area contributed by atoms with E-state index in [2.05, 4.69) is 5.32 Å². The van der Waals surface area contributed by atoms with Crippen molar-refractivity contribution >= 4 is 29.3 Å². The standard InChI is InChI=1S/C18H19NO5S/c1-22-14-5-4-6-15(23-2)17(14)18(21)24-11-16(20)19-12-7-9-13(25-3)10-8-12/h4-10H,11H2,1-3H3,(H,19,20). The Balaban J connectivity index is 1.98. The average molecular weight is 361 g/mol. The van der Waals surface area contributed by atoms with Crippen molar-refractivity contribution in [2.45, 2.75) is 4.90 Å². The molecule has 25 heavy (non-hydrogen) atoms. The van der Waals surface area contributed by atoms with Gasteiger partial charge in [0.1, 0.15) is 17.1 Å². The van der Waals surface area contributed by atoms with E-state index in [0.29, 0.717) is 17.2 Å². The Bertz CT molecular complexity index is 723. The summed E-state index contributed by atoms with van der Waals surface area (Å²) in [6.45, 7) is -0.412. The number of ether oxygens (including phenoxy) is 3. The van der Waals surface area contributed by atoms with Crippen molar-refractivity contribution in [3.8, 4) is 11.5 Å². The summed E-state index contributed by atoms with van der Waals surface area (Å²) >= 11 is 1.61. The number of hydrogen-bond acceptors (Lipinski definition) is 6. The monoisotopic (exact) mass is 361 g/mol. The van der Waals surface area contributed by atoms with Crippen LogP contribution in [-0.2, 0) is 9.53 Å². The normalized spacial score (nSPS) is 10.0. The number of benzene rings is 2. The molecule has 0 atom stereocenters. The SMILES string of the molecule is COc1cccc(OC)c1C(=O)OCC(=O)Nc1ccc(SC)cc1. The van der Waals surface area contributed by atoms with Crippen LogP contribution in [0.4, 0.5) is 5.69 Å². The Hall–Kier alpha value is -2.67. The molecule has 0 aliphatic carbocycles. The van der Waals surface area contributed by atoms with E-state index in [4.69, 9.17) is 14.2 Å². The summed E-state index contributed by atoms with van der Waals surface area (Å²) in [5.74, 6) is -0.490. The van der Waals surface area contributed by atoms with Gasteiger partial charge in [-0.25, -0.2) is 4.79 Å². The molecule has 2 aromatic rings. The Morgan fingerprint density at radius 3 is 2.12 bits per heavy atom. The van der Waals surface area contributed by atoms with Crippen LogP contribution in [-0.4, -0.2) is 39.0 Å². The van der Waals surface area contributed by atoms with Gasteiger partial charge in [-0.05, 0) is 42.7 Å². The van der Waals surface area contributed by atoms with Crippen LogP contribution in [0.25, 0.3) is 0 Å². The van der Waals surface area contributed by atoms with Gasteiger partial charge in [0.05, 0.1) is 14.2 Å². The third-order valence-corrected chi connectivity index (χ3v) is 4.08. The lowest BCUT2D eigenvalue weighted by molar-refractivity contribution is -0.119. The minimum atomic E-state index is -0.692. The lowest BCUT2D eigenvalue weighted by Crippen LogP contribution is -2.21. The number of nitrogens with one attached hydrogen (secondary N) is 1. The van der Waals surface area contributed by atoms with Crippen LogP contribution >= 0.6 is 11.8 Å². The number of rotatable bonds is 7. The van der Waals surface area contributed by atoms with Crippen LogP contribution in [0.3, 0.4) is 0 Å². The zero-order valence-corrected chi connectivity index (χ0v) is 15.0. The molecule has 0 radical (unpaired) electrons. The zero-order chi connectivity index (χ0) is 18.2. The highest BCUT2D eigenvalue weighted by atomic mass is 32.2. The molecule has 0 heterocycles. The Morgan fingerprint density at radius 2 is 1.60 bits per heavy atom. The first kappa shape index (κ1) is 18.7. The molecule has 0 aliphatic heterocycles.